The Bertz CT molecular complexity index is 419. The molecule has 4 heteroatoms. The van der Waals surface area contributed by atoms with Gasteiger partial charge in [-0.05, 0) is 38.3 Å². The number of hydrogen-bond donors (Lipinski definition) is 1. The highest BCUT2D eigenvalue weighted by atomic mass is 35.5. The van der Waals surface area contributed by atoms with Gasteiger partial charge in [-0.1, -0.05) is 30.1 Å². The lowest BCUT2D eigenvalue weighted by atomic mass is 10.2. The van der Waals surface area contributed by atoms with E-state index in [2.05, 4.69) is 12.2 Å². The van der Waals surface area contributed by atoms with Gasteiger partial charge >= 0.3 is 0 Å². The van der Waals surface area contributed by atoms with E-state index in [4.69, 9.17) is 27.9 Å². The zero-order chi connectivity index (χ0) is 13.1. The predicted octanol–water partition coefficient (Wildman–Crippen LogP) is 4.42. The zero-order valence-electron chi connectivity index (χ0n) is 10.8. The average molecular weight is 288 g/mol. The second-order valence-corrected chi connectivity index (χ2v) is 5.71. The van der Waals surface area contributed by atoms with Crippen LogP contribution in [0, 0.1) is 0 Å². The lowest BCUT2D eigenvalue weighted by Crippen LogP contribution is -2.18. The molecule has 18 heavy (non-hydrogen) atoms. The van der Waals surface area contributed by atoms with E-state index in [9.17, 15) is 0 Å². The van der Waals surface area contributed by atoms with Gasteiger partial charge in [0.2, 0.25) is 0 Å². The maximum Gasteiger partial charge on any atom is 0.142 e. The van der Waals surface area contributed by atoms with Crippen molar-refractivity contribution in [1.29, 1.82) is 0 Å². The van der Waals surface area contributed by atoms with Gasteiger partial charge in [0, 0.05) is 23.2 Å². The SMILES string of the molecule is CCC(C)Oc1c(Cl)cc(Cl)cc1CNC1CC1. The predicted molar refractivity (Wildman–Crippen MR) is 76.7 cm³/mol. The zero-order valence-corrected chi connectivity index (χ0v) is 12.3. The van der Waals surface area contributed by atoms with Gasteiger partial charge in [0.05, 0.1) is 11.1 Å². The first-order valence-corrected chi connectivity index (χ1v) is 7.23. The van der Waals surface area contributed by atoms with Gasteiger partial charge in [-0.15, -0.1) is 0 Å². The summed E-state index contributed by atoms with van der Waals surface area (Å²) < 4.78 is 5.90. The van der Waals surface area contributed by atoms with Crippen LogP contribution in [0.3, 0.4) is 0 Å². The number of hydrogen-bond acceptors (Lipinski definition) is 2. The molecule has 0 saturated heterocycles. The fraction of sp³-hybridized carbons (Fsp3) is 0.571. The maximum atomic E-state index is 6.23. The molecular weight excluding hydrogens is 269 g/mol. The Kier molecular flexibility index (Phi) is 4.77. The highest BCUT2D eigenvalue weighted by molar-refractivity contribution is 6.35. The van der Waals surface area contributed by atoms with Gasteiger partial charge in [-0.3, -0.25) is 0 Å². The summed E-state index contributed by atoms with van der Waals surface area (Å²) in [6.07, 6.45) is 3.63. The molecule has 1 saturated carbocycles. The minimum Gasteiger partial charge on any atom is -0.489 e. The molecule has 2 rings (SSSR count). The lowest BCUT2D eigenvalue weighted by molar-refractivity contribution is 0.215. The molecule has 100 valence electrons. The Balaban J connectivity index is 2.16. The second kappa shape index (κ2) is 6.14. The van der Waals surface area contributed by atoms with Crippen molar-refractivity contribution in [3.05, 3.63) is 27.7 Å². The smallest absolute Gasteiger partial charge is 0.142 e. The summed E-state index contributed by atoms with van der Waals surface area (Å²) in [5.41, 5.74) is 1.04. The summed E-state index contributed by atoms with van der Waals surface area (Å²) in [7, 11) is 0. The topological polar surface area (TPSA) is 21.3 Å². The molecule has 0 spiro atoms. The first kappa shape index (κ1) is 14.0. The molecule has 0 aliphatic heterocycles. The third-order valence-electron chi connectivity index (χ3n) is 3.14. The van der Waals surface area contributed by atoms with E-state index in [1.165, 1.54) is 12.8 Å². The number of benzene rings is 1. The minimum absolute atomic E-state index is 0.156. The summed E-state index contributed by atoms with van der Waals surface area (Å²) in [5.74, 6) is 0.767. The van der Waals surface area contributed by atoms with Crippen molar-refractivity contribution < 1.29 is 4.74 Å². The Labute approximate surface area is 119 Å². The quantitative estimate of drug-likeness (QED) is 0.836. The van der Waals surface area contributed by atoms with E-state index in [1.54, 1.807) is 6.07 Å². The lowest BCUT2D eigenvalue weighted by Gasteiger charge is -2.18. The third kappa shape index (κ3) is 3.78. The first-order chi connectivity index (χ1) is 8.60. The van der Waals surface area contributed by atoms with Gasteiger partial charge in [0.15, 0.2) is 0 Å². The molecule has 0 bridgehead atoms. The molecule has 1 aliphatic carbocycles. The number of halogens is 2. The molecule has 0 radical (unpaired) electrons. The van der Waals surface area contributed by atoms with Crippen LogP contribution in [0.4, 0.5) is 0 Å². The van der Waals surface area contributed by atoms with Gasteiger partial charge in [-0.25, -0.2) is 0 Å². The van der Waals surface area contributed by atoms with Crippen molar-refractivity contribution in [3.8, 4) is 5.75 Å². The Morgan fingerprint density at radius 1 is 1.39 bits per heavy atom. The van der Waals surface area contributed by atoms with Crippen LogP contribution in [0.25, 0.3) is 0 Å². The summed E-state index contributed by atoms with van der Waals surface area (Å²) >= 11 is 12.3. The van der Waals surface area contributed by atoms with Gasteiger partial charge in [0.1, 0.15) is 5.75 Å². The Hall–Kier alpha value is -0.440. The minimum atomic E-state index is 0.156. The maximum absolute atomic E-state index is 6.23. The second-order valence-electron chi connectivity index (χ2n) is 4.87. The van der Waals surface area contributed by atoms with Gasteiger partial charge < -0.3 is 10.1 Å². The number of ether oxygens (including phenoxy) is 1. The van der Waals surface area contributed by atoms with Crippen molar-refractivity contribution in [3.63, 3.8) is 0 Å². The molecule has 1 aliphatic rings. The monoisotopic (exact) mass is 287 g/mol. The molecule has 1 atom stereocenters. The molecule has 2 nitrogen and oxygen atoms in total. The highest BCUT2D eigenvalue weighted by Gasteiger charge is 2.21. The molecular formula is C14H19Cl2NO. The molecule has 1 aromatic carbocycles. The van der Waals surface area contributed by atoms with E-state index < -0.39 is 0 Å². The van der Waals surface area contributed by atoms with Crippen LogP contribution < -0.4 is 10.1 Å². The molecule has 0 heterocycles. The van der Waals surface area contributed by atoms with Crippen molar-refractivity contribution in [2.24, 2.45) is 0 Å². The normalized spacial score (nSPS) is 16.7. The van der Waals surface area contributed by atoms with Crippen molar-refractivity contribution in [2.45, 2.75) is 51.8 Å². The van der Waals surface area contributed by atoms with E-state index in [-0.39, 0.29) is 6.10 Å². The van der Waals surface area contributed by atoms with E-state index >= 15 is 0 Å². The Morgan fingerprint density at radius 3 is 2.72 bits per heavy atom. The molecule has 1 aromatic rings. The Morgan fingerprint density at radius 2 is 2.11 bits per heavy atom. The molecule has 1 unspecified atom stereocenters. The van der Waals surface area contributed by atoms with Crippen LogP contribution in [0.2, 0.25) is 10.0 Å². The summed E-state index contributed by atoms with van der Waals surface area (Å²) in [4.78, 5) is 0. The molecule has 1 N–H and O–H groups in total. The van der Waals surface area contributed by atoms with Crippen LogP contribution in [-0.2, 0) is 6.54 Å². The first-order valence-electron chi connectivity index (χ1n) is 6.48. The van der Waals surface area contributed by atoms with Crippen molar-refractivity contribution >= 4 is 23.2 Å². The van der Waals surface area contributed by atoms with Crippen LogP contribution in [-0.4, -0.2) is 12.1 Å². The molecule has 1 fully saturated rings. The van der Waals surface area contributed by atoms with E-state index in [0.717, 1.165) is 24.3 Å². The largest absolute Gasteiger partial charge is 0.489 e. The summed E-state index contributed by atoms with van der Waals surface area (Å²) in [5, 5.41) is 4.71. The van der Waals surface area contributed by atoms with Gasteiger partial charge in [-0.2, -0.15) is 0 Å². The fourth-order valence-electron chi connectivity index (χ4n) is 1.70. The van der Waals surface area contributed by atoms with E-state index in [0.29, 0.717) is 16.1 Å². The average Bonchev–Trinajstić information content (AvgIpc) is 3.13. The number of rotatable bonds is 6. The van der Waals surface area contributed by atoms with Crippen LogP contribution >= 0.6 is 23.2 Å². The highest BCUT2D eigenvalue weighted by Crippen LogP contribution is 2.34. The third-order valence-corrected chi connectivity index (χ3v) is 3.64. The summed E-state index contributed by atoms with van der Waals surface area (Å²) in [6, 6.07) is 4.32. The van der Waals surface area contributed by atoms with E-state index in [1.807, 2.05) is 13.0 Å². The number of nitrogens with one attached hydrogen (secondary N) is 1. The molecule has 0 amide bonds. The van der Waals surface area contributed by atoms with Crippen LogP contribution in [0.5, 0.6) is 5.75 Å². The molecule has 0 aromatic heterocycles. The van der Waals surface area contributed by atoms with Crippen LogP contribution in [0.15, 0.2) is 12.1 Å². The summed E-state index contributed by atoms with van der Waals surface area (Å²) in [6.45, 7) is 4.90. The fourth-order valence-corrected chi connectivity index (χ4v) is 2.28. The van der Waals surface area contributed by atoms with Crippen molar-refractivity contribution in [1.82, 2.24) is 5.32 Å². The standard InChI is InChI=1S/C14H19Cl2NO/c1-3-9(2)18-14-10(8-17-12-4-5-12)6-11(15)7-13(14)16/h6-7,9,12,17H,3-5,8H2,1-2H3. The van der Waals surface area contributed by atoms with Crippen LogP contribution in [0.1, 0.15) is 38.7 Å². The van der Waals surface area contributed by atoms with Gasteiger partial charge in [0.25, 0.3) is 0 Å². The van der Waals surface area contributed by atoms with Crippen molar-refractivity contribution in [2.75, 3.05) is 0 Å².